The highest BCUT2D eigenvalue weighted by Crippen LogP contribution is 2.32. The molecule has 5 nitrogen and oxygen atoms in total. The Labute approximate surface area is 164 Å². The molecule has 5 fully saturated rings. The summed E-state index contributed by atoms with van der Waals surface area (Å²) in [6.07, 6.45) is 13.7. The van der Waals surface area contributed by atoms with Crippen LogP contribution in [-0.4, -0.2) is 76.5 Å². The number of nitrogens with zero attached hydrogens (tertiary/aromatic N) is 5. The Bertz CT molecular complexity index is 596. The van der Waals surface area contributed by atoms with Gasteiger partial charge in [-0.25, -0.2) is 9.97 Å². The van der Waals surface area contributed by atoms with Crippen molar-refractivity contribution in [3.05, 3.63) is 23.8 Å². The molecule has 1 atom stereocenters. The van der Waals surface area contributed by atoms with Gasteiger partial charge in [0.05, 0.1) is 0 Å². The van der Waals surface area contributed by atoms with Crippen molar-refractivity contribution in [2.45, 2.75) is 63.5 Å². The topological polar surface area (TPSA) is 35.5 Å². The third-order valence-electron chi connectivity index (χ3n) is 7.60. The zero-order valence-electron chi connectivity index (χ0n) is 16.7. The van der Waals surface area contributed by atoms with E-state index in [1.165, 1.54) is 96.3 Å². The van der Waals surface area contributed by atoms with Gasteiger partial charge in [-0.1, -0.05) is 19.3 Å². The van der Waals surface area contributed by atoms with Gasteiger partial charge in [0.25, 0.3) is 0 Å². The second-order valence-electron chi connectivity index (χ2n) is 9.30. The zero-order valence-corrected chi connectivity index (χ0v) is 16.7. The highest BCUT2D eigenvalue weighted by Gasteiger charge is 2.38. The van der Waals surface area contributed by atoms with E-state index in [1.807, 2.05) is 0 Å². The largest absolute Gasteiger partial charge is 0.302 e. The molecular formula is C22H35N5. The van der Waals surface area contributed by atoms with E-state index < -0.39 is 0 Å². The Balaban J connectivity index is 1.12. The number of piperazine rings is 1. The van der Waals surface area contributed by atoms with E-state index in [0.29, 0.717) is 5.92 Å². The maximum Gasteiger partial charge on any atom is 0.131 e. The van der Waals surface area contributed by atoms with Crippen LogP contribution >= 0.6 is 0 Å². The quantitative estimate of drug-likeness (QED) is 0.815. The summed E-state index contributed by atoms with van der Waals surface area (Å²) < 4.78 is 0. The van der Waals surface area contributed by atoms with E-state index >= 15 is 0 Å². The molecule has 0 amide bonds. The minimum atomic E-state index is 0.609. The molecule has 6 rings (SSSR count). The summed E-state index contributed by atoms with van der Waals surface area (Å²) in [5, 5.41) is 0. The van der Waals surface area contributed by atoms with Crippen LogP contribution in [0.5, 0.6) is 0 Å². The highest BCUT2D eigenvalue weighted by atomic mass is 15.3. The molecule has 1 saturated carbocycles. The van der Waals surface area contributed by atoms with Crippen molar-refractivity contribution in [3.8, 4) is 0 Å². The third kappa shape index (κ3) is 4.06. The number of hydrogen-bond acceptors (Lipinski definition) is 5. The van der Waals surface area contributed by atoms with Crippen molar-refractivity contribution in [1.82, 2.24) is 24.7 Å². The Morgan fingerprint density at radius 3 is 2.15 bits per heavy atom. The maximum absolute atomic E-state index is 4.73. The van der Waals surface area contributed by atoms with Gasteiger partial charge >= 0.3 is 0 Å². The van der Waals surface area contributed by atoms with Crippen LogP contribution in [0.4, 0.5) is 0 Å². The molecule has 1 aromatic rings. The molecule has 2 bridgehead atoms. The fourth-order valence-electron chi connectivity index (χ4n) is 5.88. The fourth-order valence-corrected chi connectivity index (χ4v) is 5.88. The molecule has 0 spiro atoms. The maximum atomic E-state index is 4.73. The summed E-state index contributed by atoms with van der Waals surface area (Å²) in [4.78, 5) is 17.5. The van der Waals surface area contributed by atoms with Gasteiger partial charge in [-0.2, -0.15) is 0 Å². The molecule has 0 unspecified atom stereocenters. The molecule has 0 radical (unpaired) electrons. The Morgan fingerprint density at radius 1 is 0.815 bits per heavy atom. The molecular weight excluding hydrogens is 334 g/mol. The van der Waals surface area contributed by atoms with Gasteiger partial charge in [0.1, 0.15) is 5.82 Å². The van der Waals surface area contributed by atoms with E-state index in [-0.39, 0.29) is 0 Å². The van der Waals surface area contributed by atoms with Crippen molar-refractivity contribution in [2.24, 2.45) is 5.92 Å². The smallest absolute Gasteiger partial charge is 0.131 e. The first-order chi connectivity index (χ1) is 13.3. The Kier molecular flexibility index (Phi) is 5.43. The highest BCUT2D eigenvalue weighted by molar-refractivity contribution is 5.08. The number of fused-ring (bicyclic) bond motifs is 3. The number of hydrogen-bond donors (Lipinski definition) is 0. The van der Waals surface area contributed by atoms with E-state index in [1.54, 1.807) is 0 Å². The van der Waals surface area contributed by atoms with Gasteiger partial charge in [0.2, 0.25) is 0 Å². The van der Waals surface area contributed by atoms with Gasteiger partial charge in [0.15, 0.2) is 0 Å². The second kappa shape index (κ2) is 8.14. The second-order valence-corrected chi connectivity index (χ2v) is 9.30. The van der Waals surface area contributed by atoms with E-state index in [9.17, 15) is 0 Å². The van der Waals surface area contributed by atoms with E-state index in [0.717, 1.165) is 24.3 Å². The third-order valence-corrected chi connectivity index (χ3v) is 7.60. The van der Waals surface area contributed by atoms with E-state index in [4.69, 9.17) is 9.97 Å². The molecule has 5 heteroatoms. The normalized spacial score (nSPS) is 33.4. The van der Waals surface area contributed by atoms with Crippen LogP contribution in [0.25, 0.3) is 0 Å². The van der Waals surface area contributed by atoms with Gasteiger partial charge in [-0.15, -0.1) is 0 Å². The average Bonchev–Trinajstić information content (AvgIpc) is 2.76. The van der Waals surface area contributed by atoms with Crippen molar-refractivity contribution >= 4 is 0 Å². The van der Waals surface area contributed by atoms with Crippen molar-refractivity contribution < 1.29 is 0 Å². The SMILES string of the molecule is c1nc(C2CCCCC2)ncc1CN1CCN([C@@H]2CN3CCC2CC3)CC1. The van der Waals surface area contributed by atoms with E-state index in [2.05, 4.69) is 27.1 Å². The zero-order chi connectivity index (χ0) is 18.1. The number of aromatic nitrogens is 2. The predicted molar refractivity (Wildman–Crippen MR) is 108 cm³/mol. The van der Waals surface area contributed by atoms with Crippen LogP contribution < -0.4 is 0 Å². The average molecular weight is 370 g/mol. The summed E-state index contributed by atoms with van der Waals surface area (Å²) in [7, 11) is 0. The molecule has 1 aromatic heterocycles. The molecule has 27 heavy (non-hydrogen) atoms. The minimum Gasteiger partial charge on any atom is -0.302 e. The molecule has 5 aliphatic rings. The van der Waals surface area contributed by atoms with Crippen LogP contribution in [0.2, 0.25) is 0 Å². The molecule has 4 aliphatic heterocycles. The van der Waals surface area contributed by atoms with Crippen LogP contribution in [0.3, 0.4) is 0 Å². The van der Waals surface area contributed by atoms with Gasteiger partial charge in [0, 0.05) is 69.2 Å². The summed E-state index contributed by atoms with van der Waals surface area (Å²) in [5.74, 6) is 2.66. The number of rotatable bonds is 4. The summed E-state index contributed by atoms with van der Waals surface area (Å²) >= 11 is 0. The molecule has 0 N–H and O–H groups in total. The lowest BCUT2D eigenvalue weighted by Crippen LogP contribution is -2.60. The lowest BCUT2D eigenvalue weighted by atomic mass is 9.83. The molecule has 1 aliphatic carbocycles. The molecule has 5 heterocycles. The lowest BCUT2D eigenvalue weighted by molar-refractivity contribution is -0.0162. The van der Waals surface area contributed by atoms with Crippen molar-refractivity contribution in [3.63, 3.8) is 0 Å². The van der Waals surface area contributed by atoms with Gasteiger partial charge in [-0.3, -0.25) is 9.80 Å². The minimum absolute atomic E-state index is 0.609. The predicted octanol–water partition coefficient (Wildman–Crippen LogP) is 2.74. The van der Waals surface area contributed by atoms with Crippen molar-refractivity contribution in [2.75, 3.05) is 45.8 Å². The van der Waals surface area contributed by atoms with Crippen LogP contribution in [0, 0.1) is 5.92 Å². The summed E-state index contributed by atoms with van der Waals surface area (Å²) in [5.41, 5.74) is 1.28. The standard InChI is InChI=1S/C22H35N5/c1-2-4-20(5-3-1)22-23-14-18(15-24-22)16-26-10-12-27(13-11-26)21-17-25-8-6-19(21)7-9-25/h14-15,19-21H,1-13,16-17H2/t21-/m1/s1. The van der Waals surface area contributed by atoms with Crippen molar-refractivity contribution in [1.29, 1.82) is 0 Å². The fraction of sp³-hybridized carbons (Fsp3) is 0.818. The number of piperidine rings is 3. The first-order valence-electron chi connectivity index (χ1n) is 11.3. The van der Waals surface area contributed by atoms with Crippen LogP contribution in [0.1, 0.15) is 62.3 Å². The first kappa shape index (κ1) is 18.0. The van der Waals surface area contributed by atoms with Crippen LogP contribution in [-0.2, 0) is 6.54 Å². The van der Waals surface area contributed by atoms with Crippen LogP contribution in [0.15, 0.2) is 12.4 Å². The molecule has 4 saturated heterocycles. The summed E-state index contributed by atoms with van der Waals surface area (Å²) in [6.45, 7) is 9.86. The molecule has 0 aromatic carbocycles. The summed E-state index contributed by atoms with van der Waals surface area (Å²) in [6, 6.07) is 0.827. The molecule has 148 valence electrons. The Morgan fingerprint density at radius 2 is 1.52 bits per heavy atom. The van der Waals surface area contributed by atoms with Gasteiger partial charge < -0.3 is 4.90 Å². The monoisotopic (exact) mass is 369 g/mol. The Hall–Kier alpha value is -1.04. The lowest BCUT2D eigenvalue weighted by Gasteiger charge is -2.51. The first-order valence-corrected chi connectivity index (χ1v) is 11.3. The van der Waals surface area contributed by atoms with Gasteiger partial charge in [-0.05, 0) is 44.7 Å².